The molecule has 0 radical (unpaired) electrons. The average Bonchev–Trinajstić information content (AvgIpc) is 2.68. The van der Waals surface area contributed by atoms with Crippen molar-refractivity contribution in [2.75, 3.05) is 19.5 Å². The van der Waals surface area contributed by atoms with Gasteiger partial charge in [0.1, 0.15) is 0 Å². The average molecular weight is 495 g/mol. The first-order valence-electron chi connectivity index (χ1n) is 8.53. The standard InChI is InChI=1S/C20H22IN3O4/c1-13-10-15(21)5-6-16(13)23-19(25)8-9-20(26)24-22-12-14-4-7-17(27-2)18(11-14)28-3/h4-7,10-12H,8-9H2,1-3H3,(H,23,25)(H,24,26)/b22-12-. The molecule has 0 bridgehead atoms. The lowest BCUT2D eigenvalue weighted by Crippen LogP contribution is -2.20. The summed E-state index contributed by atoms with van der Waals surface area (Å²) in [5.41, 5.74) is 4.88. The normalized spacial score (nSPS) is 10.6. The van der Waals surface area contributed by atoms with Crippen molar-refractivity contribution in [2.45, 2.75) is 19.8 Å². The highest BCUT2D eigenvalue weighted by Gasteiger charge is 2.08. The van der Waals surface area contributed by atoms with Gasteiger partial charge >= 0.3 is 0 Å². The van der Waals surface area contributed by atoms with E-state index in [1.165, 1.54) is 6.21 Å². The van der Waals surface area contributed by atoms with Gasteiger partial charge in [0.25, 0.3) is 0 Å². The topological polar surface area (TPSA) is 89.0 Å². The number of ether oxygens (including phenoxy) is 2. The third-order valence-electron chi connectivity index (χ3n) is 3.85. The van der Waals surface area contributed by atoms with Crippen molar-refractivity contribution in [3.05, 3.63) is 51.1 Å². The van der Waals surface area contributed by atoms with Gasteiger partial charge in [-0.05, 0) is 77.0 Å². The van der Waals surface area contributed by atoms with Crippen molar-refractivity contribution >= 4 is 46.3 Å². The van der Waals surface area contributed by atoms with E-state index in [1.807, 2.05) is 25.1 Å². The van der Waals surface area contributed by atoms with Crippen LogP contribution in [-0.4, -0.2) is 32.2 Å². The summed E-state index contributed by atoms with van der Waals surface area (Å²) >= 11 is 2.21. The quantitative estimate of drug-likeness (QED) is 0.334. The van der Waals surface area contributed by atoms with Crippen LogP contribution in [-0.2, 0) is 9.59 Å². The zero-order valence-corrected chi connectivity index (χ0v) is 18.1. The predicted octanol–water partition coefficient (Wildman–Crippen LogP) is 3.49. The van der Waals surface area contributed by atoms with E-state index in [0.717, 1.165) is 20.4 Å². The molecular weight excluding hydrogens is 473 g/mol. The lowest BCUT2D eigenvalue weighted by atomic mass is 10.2. The van der Waals surface area contributed by atoms with E-state index in [0.29, 0.717) is 11.5 Å². The first kappa shape index (κ1) is 21.7. The van der Waals surface area contributed by atoms with Gasteiger partial charge in [-0.3, -0.25) is 9.59 Å². The van der Waals surface area contributed by atoms with Gasteiger partial charge in [0.2, 0.25) is 11.8 Å². The zero-order valence-electron chi connectivity index (χ0n) is 15.9. The van der Waals surface area contributed by atoms with Crippen LogP contribution < -0.4 is 20.2 Å². The van der Waals surface area contributed by atoms with E-state index in [1.54, 1.807) is 32.4 Å². The molecule has 0 fully saturated rings. The van der Waals surface area contributed by atoms with Crippen molar-refractivity contribution < 1.29 is 19.1 Å². The van der Waals surface area contributed by atoms with Gasteiger partial charge in [-0.2, -0.15) is 5.10 Å². The first-order chi connectivity index (χ1) is 13.4. The van der Waals surface area contributed by atoms with E-state index >= 15 is 0 Å². The van der Waals surface area contributed by atoms with Gasteiger partial charge in [0, 0.05) is 22.1 Å². The number of carbonyl (C=O) groups is 2. The van der Waals surface area contributed by atoms with Gasteiger partial charge in [-0.25, -0.2) is 5.43 Å². The van der Waals surface area contributed by atoms with E-state index in [4.69, 9.17) is 9.47 Å². The maximum absolute atomic E-state index is 12.0. The van der Waals surface area contributed by atoms with Crippen molar-refractivity contribution in [3.63, 3.8) is 0 Å². The molecule has 0 unspecified atom stereocenters. The second kappa shape index (κ2) is 10.6. The molecular formula is C20H22IN3O4. The monoisotopic (exact) mass is 495 g/mol. The van der Waals surface area contributed by atoms with Crippen LogP contribution in [0.5, 0.6) is 11.5 Å². The maximum atomic E-state index is 12.0. The number of nitrogens with one attached hydrogen (secondary N) is 2. The summed E-state index contributed by atoms with van der Waals surface area (Å²) in [6.07, 6.45) is 1.61. The fourth-order valence-electron chi connectivity index (χ4n) is 2.37. The highest BCUT2D eigenvalue weighted by atomic mass is 127. The predicted molar refractivity (Wildman–Crippen MR) is 117 cm³/mol. The molecule has 148 valence electrons. The number of hydrazone groups is 1. The summed E-state index contributed by atoms with van der Waals surface area (Å²) in [6.45, 7) is 1.92. The molecule has 28 heavy (non-hydrogen) atoms. The molecule has 7 nitrogen and oxygen atoms in total. The largest absolute Gasteiger partial charge is 0.493 e. The Bertz CT molecular complexity index is 884. The molecule has 0 aliphatic rings. The van der Waals surface area contributed by atoms with Gasteiger partial charge in [0.05, 0.1) is 20.4 Å². The number of carbonyl (C=O) groups excluding carboxylic acids is 2. The van der Waals surface area contributed by atoms with Crippen molar-refractivity contribution in [2.24, 2.45) is 5.10 Å². The van der Waals surface area contributed by atoms with Gasteiger partial charge in [-0.15, -0.1) is 0 Å². The Morgan fingerprint density at radius 3 is 2.43 bits per heavy atom. The highest BCUT2D eigenvalue weighted by Crippen LogP contribution is 2.26. The molecule has 2 aromatic carbocycles. The molecule has 2 rings (SSSR count). The molecule has 0 heterocycles. The second-order valence-electron chi connectivity index (χ2n) is 5.92. The Morgan fingerprint density at radius 2 is 1.75 bits per heavy atom. The number of methoxy groups -OCH3 is 2. The molecule has 2 N–H and O–H groups in total. The zero-order chi connectivity index (χ0) is 20.5. The van der Waals surface area contributed by atoms with E-state index in [-0.39, 0.29) is 24.7 Å². The van der Waals surface area contributed by atoms with Crippen LogP contribution >= 0.6 is 22.6 Å². The first-order valence-corrected chi connectivity index (χ1v) is 9.60. The van der Waals surface area contributed by atoms with Crippen LogP contribution in [0, 0.1) is 10.5 Å². The minimum absolute atomic E-state index is 0.0402. The molecule has 0 saturated carbocycles. The van der Waals surface area contributed by atoms with Gasteiger partial charge in [0.15, 0.2) is 11.5 Å². The van der Waals surface area contributed by atoms with Crippen LogP contribution in [0.15, 0.2) is 41.5 Å². The number of anilines is 1. The molecule has 0 atom stereocenters. The number of amides is 2. The maximum Gasteiger partial charge on any atom is 0.240 e. The Balaban J connectivity index is 1.80. The van der Waals surface area contributed by atoms with E-state index in [2.05, 4.69) is 38.4 Å². The molecule has 0 aliphatic carbocycles. The van der Waals surface area contributed by atoms with E-state index in [9.17, 15) is 9.59 Å². The summed E-state index contributed by atoms with van der Waals surface area (Å²) in [5, 5.41) is 6.72. The summed E-state index contributed by atoms with van der Waals surface area (Å²) in [6, 6.07) is 11.0. The van der Waals surface area contributed by atoms with Crippen LogP contribution in [0.4, 0.5) is 5.69 Å². The van der Waals surface area contributed by atoms with Crippen LogP contribution in [0.25, 0.3) is 0 Å². The number of benzene rings is 2. The molecule has 2 amide bonds. The molecule has 0 spiro atoms. The van der Waals surface area contributed by atoms with Crippen molar-refractivity contribution in [3.8, 4) is 11.5 Å². The minimum atomic E-state index is -0.341. The van der Waals surface area contributed by atoms with Crippen LogP contribution in [0.1, 0.15) is 24.0 Å². The fourth-order valence-corrected chi connectivity index (χ4v) is 3.02. The summed E-state index contributed by atoms with van der Waals surface area (Å²) in [5.74, 6) is 0.618. The number of hydrogen-bond donors (Lipinski definition) is 2. The van der Waals surface area contributed by atoms with Crippen LogP contribution in [0.3, 0.4) is 0 Å². The summed E-state index contributed by atoms with van der Waals surface area (Å²) in [4.78, 5) is 23.9. The molecule has 0 aliphatic heterocycles. The number of rotatable bonds is 8. The Morgan fingerprint density at radius 1 is 1.04 bits per heavy atom. The smallest absolute Gasteiger partial charge is 0.240 e. The summed E-state index contributed by atoms with van der Waals surface area (Å²) in [7, 11) is 3.10. The molecule has 0 saturated heterocycles. The third kappa shape index (κ3) is 6.52. The third-order valence-corrected chi connectivity index (χ3v) is 4.52. The van der Waals surface area contributed by atoms with Crippen molar-refractivity contribution in [1.29, 1.82) is 0 Å². The Hall–Kier alpha value is -2.62. The molecule has 0 aromatic heterocycles. The van der Waals surface area contributed by atoms with Crippen LogP contribution in [0.2, 0.25) is 0 Å². The highest BCUT2D eigenvalue weighted by molar-refractivity contribution is 14.1. The Labute approximate surface area is 177 Å². The SMILES string of the molecule is COc1ccc(/C=N\NC(=O)CCC(=O)Nc2ccc(I)cc2C)cc1OC. The number of halogens is 1. The Kier molecular flexibility index (Phi) is 8.24. The number of nitrogens with zero attached hydrogens (tertiary/aromatic N) is 1. The lowest BCUT2D eigenvalue weighted by molar-refractivity contribution is -0.124. The van der Waals surface area contributed by atoms with Crippen molar-refractivity contribution in [1.82, 2.24) is 5.43 Å². The second-order valence-corrected chi connectivity index (χ2v) is 7.16. The van der Waals surface area contributed by atoms with Gasteiger partial charge < -0.3 is 14.8 Å². The lowest BCUT2D eigenvalue weighted by Gasteiger charge is -2.08. The number of hydrogen-bond acceptors (Lipinski definition) is 5. The number of aryl methyl sites for hydroxylation is 1. The minimum Gasteiger partial charge on any atom is -0.493 e. The molecule has 8 heteroatoms. The summed E-state index contributed by atoms with van der Waals surface area (Å²) < 4.78 is 11.5. The van der Waals surface area contributed by atoms with E-state index < -0.39 is 0 Å². The molecule has 2 aromatic rings. The fraction of sp³-hybridized carbons (Fsp3) is 0.250. The van der Waals surface area contributed by atoms with Gasteiger partial charge in [-0.1, -0.05) is 0 Å².